The van der Waals surface area contributed by atoms with Gasteiger partial charge in [0.15, 0.2) is 0 Å². The molecule has 0 spiro atoms. The van der Waals surface area contributed by atoms with Crippen LogP contribution in [0.2, 0.25) is 0 Å². The third kappa shape index (κ3) is 5.50. The van der Waals surface area contributed by atoms with Crippen molar-refractivity contribution < 1.29 is 8.78 Å². The molecule has 23 heavy (non-hydrogen) atoms. The summed E-state index contributed by atoms with van der Waals surface area (Å²) in [5, 5.41) is 0. The van der Waals surface area contributed by atoms with Crippen molar-refractivity contribution in [3.8, 4) is 0 Å². The number of halogens is 3. The van der Waals surface area contributed by atoms with E-state index < -0.39 is 0 Å². The summed E-state index contributed by atoms with van der Waals surface area (Å²) in [6.45, 7) is 7.95. The van der Waals surface area contributed by atoms with Gasteiger partial charge in [-0.25, -0.2) is 8.78 Å². The van der Waals surface area contributed by atoms with Crippen LogP contribution in [0.15, 0.2) is 34.8 Å². The first-order valence-electron chi connectivity index (χ1n) is 7.42. The number of benzene rings is 2. The Kier molecular flexibility index (Phi) is 7.01. The SMILES string of the molecule is CC(C)c1cc(F)cc(Br)c1N.CC(C)c1cc(F)ccc1N. The smallest absolute Gasteiger partial charge is 0.124 e. The van der Waals surface area contributed by atoms with E-state index >= 15 is 0 Å². The van der Waals surface area contributed by atoms with Crippen LogP contribution in [0.3, 0.4) is 0 Å². The molecule has 0 fully saturated rings. The van der Waals surface area contributed by atoms with E-state index in [1.807, 2.05) is 27.7 Å². The molecule has 0 unspecified atom stereocenters. The van der Waals surface area contributed by atoms with Gasteiger partial charge >= 0.3 is 0 Å². The van der Waals surface area contributed by atoms with Crippen molar-refractivity contribution in [3.05, 3.63) is 57.6 Å². The van der Waals surface area contributed by atoms with Crippen molar-refractivity contribution in [3.63, 3.8) is 0 Å². The molecule has 0 saturated carbocycles. The van der Waals surface area contributed by atoms with Crippen molar-refractivity contribution in [2.24, 2.45) is 0 Å². The molecule has 0 amide bonds. The number of hydrogen-bond donors (Lipinski definition) is 2. The summed E-state index contributed by atoms with van der Waals surface area (Å²) < 4.78 is 26.2. The molecule has 0 aliphatic rings. The standard InChI is InChI=1S/C9H11BrFN.C9H12FN/c1-5(2)7-3-6(11)4-8(10)9(7)12;1-6(2)8-5-7(10)3-4-9(8)11/h3-5H,12H2,1-2H3;3-6H,11H2,1-2H3. The van der Waals surface area contributed by atoms with E-state index in [9.17, 15) is 8.78 Å². The van der Waals surface area contributed by atoms with Crippen LogP contribution in [-0.2, 0) is 0 Å². The lowest BCUT2D eigenvalue weighted by molar-refractivity contribution is 0.622. The molecule has 5 heteroatoms. The lowest BCUT2D eigenvalue weighted by Gasteiger charge is -2.10. The van der Waals surface area contributed by atoms with Crippen LogP contribution in [0.25, 0.3) is 0 Å². The summed E-state index contributed by atoms with van der Waals surface area (Å²) in [4.78, 5) is 0. The Balaban J connectivity index is 0.000000231. The fourth-order valence-corrected chi connectivity index (χ4v) is 2.58. The predicted octanol–water partition coefficient (Wildman–Crippen LogP) is 5.83. The first-order valence-corrected chi connectivity index (χ1v) is 8.22. The number of nitrogen functional groups attached to an aromatic ring is 2. The molecule has 0 bridgehead atoms. The van der Waals surface area contributed by atoms with Crippen LogP contribution in [0.5, 0.6) is 0 Å². The van der Waals surface area contributed by atoms with Gasteiger partial charge in [0.1, 0.15) is 11.6 Å². The maximum atomic E-state index is 12.9. The van der Waals surface area contributed by atoms with Crippen LogP contribution < -0.4 is 11.5 Å². The van der Waals surface area contributed by atoms with Crippen LogP contribution in [-0.4, -0.2) is 0 Å². The van der Waals surface area contributed by atoms with Crippen molar-refractivity contribution in [2.75, 3.05) is 11.5 Å². The fraction of sp³-hybridized carbons (Fsp3) is 0.333. The highest BCUT2D eigenvalue weighted by Gasteiger charge is 2.09. The van der Waals surface area contributed by atoms with E-state index in [1.54, 1.807) is 6.07 Å². The van der Waals surface area contributed by atoms with Gasteiger partial charge in [-0.3, -0.25) is 0 Å². The molecule has 0 saturated heterocycles. The lowest BCUT2D eigenvalue weighted by atomic mass is 10.0. The van der Waals surface area contributed by atoms with Crippen molar-refractivity contribution >= 4 is 27.3 Å². The topological polar surface area (TPSA) is 52.0 Å². The minimum absolute atomic E-state index is 0.220. The molecule has 2 aromatic carbocycles. The van der Waals surface area contributed by atoms with Gasteiger partial charge in [0.25, 0.3) is 0 Å². The summed E-state index contributed by atoms with van der Waals surface area (Å²) in [7, 11) is 0. The van der Waals surface area contributed by atoms with Gasteiger partial charge in [-0.15, -0.1) is 0 Å². The van der Waals surface area contributed by atoms with Gasteiger partial charge in [-0.1, -0.05) is 27.7 Å². The fourth-order valence-electron chi connectivity index (χ4n) is 2.13. The van der Waals surface area contributed by atoms with Crippen molar-refractivity contribution in [1.29, 1.82) is 0 Å². The second-order valence-corrected chi connectivity index (χ2v) is 6.83. The van der Waals surface area contributed by atoms with Crippen LogP contribution >= 0.6 is 15.9 Å². The number of rotatable bonds is 2. The molecule has 0 heterocycles. The summed E-state index contributed by atoms with van der Waals surface area (Å²) in [6.07, 6.45) is 0. The summed E-state index contributed by atoms with van der Waals surface area (Å²) in [5.74, 6) is 0.0605. The number of hydrogen-bond acceptors (Lipinski definition) is 2. The molecule has 2 aromatic rings. The van der Waals surface area contributed by atoms with Crippen LogP contribution in [0.4, 0.5) is 20.2 Å². The van der Waals surface area contributed by atoms with Gasteiger partial charge in [0.2, 0.25) is 0 Å². The van der Waals surface area contributed by atoms with E-state index in [0.29, 0.717) is 15.8 Å². The minimum atomic E-state index is -0.250. The zero-order valence-corrected chi connectivity index (χ0v) is 15.4. The summed E-state index contributed by atoms with van der Waals surface area (Å²) >= 11 is 3.20. The van der Waals surface area contributed by atoms with Gasteiger partial charge in [0, 0.05) is 15.8 Å². The first kappa shape index (κ1) is 19.4. The zero-order chi connectivity index (χ0) is 17.7. The highest BCUT2D eigenvalue weighted by molar-refractivity contribution is 9.10. The van der Waals surface area contributed by atoms with Gasteiger partial charge in [-0.05, 0) is 69.2 Å². The number of nitrogens with two attached hydrogens (primary N) is 2. The van der Waals surface area contributed by atoms with Gasteiger partial charge in [-0.2, -0.15) is 0 Å². The van der Waals surface area contributed by atoms with Gasteiger partial charge < -0.3 is 11.5 Å². The highest BCUT2D eigenvalue weighted by atomic mass is 79.9. The van der Waals surface area contributed by atoms with E-state index in [-0.39, 0.29) is 23.5 Å². The Bertz CT molecular complexity index is 670. The third-order valence-corrected chi connectivity index (χ3v) is 4.08. The average molecular weight is 385 g/mol. The van der Waals surface area contributed by atoms with E-state index in [1.165, 1.54) is 24.3 Å². The Labute approximate surface area is 145 Å². The minimum Gasteiger partial charge on any atom is -0.398 e. The Morgan fingerprint density at radius 3 is 1.83 bits per heavy atom. The second-order valence-electron chi connectivity index (χ2n) is 5.97. The maximum absolute atomic E-state index is 12.9. The average Bonchev–Trinajstić information content (AvgIpc) is 2.45. The molecule has 2 rings (SSSR count). The molecular weight excluding hydrogens is 362 g/mol. The molecular formula is C18H23BrF2N2. The summed E-state index contributed by atoms with van der Waals surface area (Å²) in [5.41, 5.74) is 14.4. The number of anilines is 2. The molecule has 4 N–H and O–H groups in total. The molecule has 0 aliphatic heterocycles. The predicted molar refractivity (Wildman–Crippen MR) is 97.5 cm³/mol. The monoisotopic (exact) mass is 384 g/mol. The Morgan fingerprint density at radius 2 is 1.35 bits per heavy atom. The molecule has 126 valence electrons. The Hall–Kier alpha value is -1.62. The normalized spacial score (nSPS) is 10.7. The zero-order valence-electron chi connectivity index (χ0n) is 13.8. The highest BCUT2D eigenvalue weighted by Crippen LogP contribution is 2.29. The first-order chi connectivity index (χ1) is 10.6. The van der Waals surface area contributed by atoms with E-state index in [0.717, 1.165) is 11.1 Å². The van der Waals surface area contributed by atoms with Crippen molar-refractivity contribution in [1.82, 2.24) is 0 Å². The molecule has 0 aliphatic carbocycles. The van der Waals surface area contributed by atoms with Crippen LogP contribution in [0.1, 0.15) is 50.7 Å². The van der Waals surface area contributed by atoms with E-state index in [2.05, 4.69) is 15.9 Å². The second kappa shape index (κ2) is 8.29. The van der Waals surface area contributed by atoms with E-state index in [4.69, 9.17) is 11.5 Å². The van der Waals surface area contributed by atoms with Crippen LogP contribution in [0, 0.1) is 11.6 Å². The molecule has 0 radical (unpaired) electrons. The molecule has 2 nitrogen and oxygen atoms in total. The lowest BCUT2D eigenvalue weighted by Crippen LogP contribution is -1.98. The summed E-state index contributed by atoms with van der Waals surface area (Å²) in [6, 6.07) is 7.32. The van der Waals surface area contributed by atoms with Crippen molar-refractivity contribution in [2.45, 2.75) is 39.5 Å². The largest absolute Gasteiger partial charge is 0.398 e. The Morgan fingerprint density at radius 1 is 0.826 bits per heavy atom. The maximum Gasteiger partial charge on any atom is 0.124 e. The molecule has 0 atom stereocenters. The van der Waals surface area contributed by atoms with Gasteiger partial charge in [0.05, 0.1) is 0 Å². The third-order valence-electron chi connectivity index (χ3n) is 3.42. The quantitative estimate of drug-likeness (QED) is 0.640. The molecule has 0 aromatic heterocycles.